The molecule has 0 aliphatic heterocycles. The van der Waals surface area contributed by atoms with Gasteiger partial charge in [-0.1, -0.05) is 6.07 Å². The SMILES string of the molecule is CC(C)(CN)C(=O)NCc1ccc2oc(=O)[nH]c2c1. The first-order valence-corrected chi connectivity index (χ1v) is 6.02. The number of oxazole rings is 1. The number of aromatic nitrogens is 1. The van der Waals surface area contributed by atoms with Gasteiger partial charge in [0, 0.05) is 13.1 Å². The molecule has 1 aromatic carbocycles. The maximum atomic E-state index is 11.9. The first-order valence-electron chi connectivity index (χ1n) is 6.02. The largest absolute Gasteiger partial charge is 0.417 e. The van der Waals surface area contributed by atoms with Gasteiger partial charge in [-0.15, -0.1) is 0 Å². The van der Waals surface area contributed by atoms with Gasteiger partial charge in [0.05, 0.1) is 10.9 Å². The van der Waals surface area contributed by atoms with Crippen molar-refractivity contribution >= 4 is 17.0 Å². The number of hydrogen-bond donors (Lipinski definition) is 3. The van der Waals surface area contributed by atoms with Gasteiger partial charge in [0.15, 0.2) is 5.58 Å². The summed E-state index contributed by atoms with van der Waals surface area (Å²) in [5, 5.41) is 2.82. The van der Waals surface area contributed by atoms with Crippen molar-refractivity contribution in [3.8, 4) is 0 Å². The Hall–Kier alpha value is -2.08. The first kappa shape index (κ1) is 13.4. The number of hydrogen-bond acceptors (Lipinski definition) is 4. The predicted octanol–water partition coefficient (Wildman–Crippen LogP) is 0.722. The highest BCUT2D eigenvalue weighted by atomic mass is 16.4. The second-order valence-corrected chi connectivity index (χ2v) is 5.12. The molecular weight excluding hydrogens is 246 g/mol. The van der Waals surface area contributed by atoms with Crippen molar-refractivity contribution in [2.75, 3.05) is 6.54 Å². The Balaban J connectivity index is 2.10. The zero-order valence-electron chi connectivity index (χ0n) is 10.9. The molecule has 6 nitrogen and oxygen atoms in total. The van der Waals surface area contributed by atoms with Crippen molar-refractivity contribution in [3.05, 3.63) is 34.3 Å². The molecule has 0 spiro atoms. The summed E-state index contributed by atoms with van der Waals surface area (Å²) in [4.78, 5) is 25.5. The summed E-state index contributed by atoms with van der Waals surface area (Å²) in [5.41, 5.74) is 6.95. The second-order valence-electron chi connectivity index (χ2n) is 5.12. The molecule has 19 heavy (non-hydrogen) atoms. The van der Waals surface area contributed by atoms with E-state index in [4.69, 9.17) is 10.2 Å². The molecule has 0 fully saturated rings. The van der Waals surface area contributed by atoms with Crippen LogP contribution >= 0.6 is 0 Å². The monoisotopic (exact) mass is 263 g/mol. The van der Waals surface area contributed by atoms with E-state index in [2.05, 4.69) is 10.3 Å². The van der Waals surface area contributed by atoms with Crippen molar-refractivity contribution in [2.45, 2.75) is 20.4 Å². The Morgan fingerprint density at radius 2 is 2.21 bits per heavy atom. The van der Waals surface area contributed by atoms with E-state index in [0.29, 0.717) is 17.6 Å². The number of rotatable bonds is 4. The molecule has 102 valence electrons. The molecule has 0 radical (unpaired) electrons. The van der Waals surface area contributed by atoms with Gasteiger partial charge in [0.1, 0.15) is 0 Å². The highest BCUT2D eigenvalue weighted by Crippen LogP contribution is 2.14. The maximum absolute atomic E-state index is 11.9. The van der Waals surface area contributed by atoms with E-state index in [9.17, 15) is 9.59 Å². The van der Waals surface area contributed by atoms with Crippen molar-refractivity contribution in [2.24, 2.45) is 11.1 Å². The standard InChI is InChI=1S/C13H17N3O3/c1-13(2,7-14)11(17)15-6-8-3-4-10-9(5-8)16-12(18)19-10/h3-5H,6-7,14H2,1-2H3,(H,15,17)(H,16,18). The number of fused-ring (bicyclic) bond motifs is 1. The molecule has 1 amide bonds. The summed E-state index contributed by atoms with van der Waals surface area (Å²) in [6.45, 7) is 4.25. The van der Waals surface area contributed by atoms with Crippen LogP contribution in [0.4, 0.5) is 0 Å². The fourth-order valence-electron chi connectivity index (χ4n) is 1.62. The molecular formula is C13H17N3O3. The lowest BCUT2D eigenvalue weighted by Crippen LogP contribution is -2.41. The van der Waals surface area contributed by atoms with Crippen LogP contribution in [0.5, 0.6) is 0 Å². The van der Waals surface area contributed by atoms with Gasteiger partial charge >= 0.3 is 5.76 Å². The molecule has 0 bridgehead atoms. The summed E-state index contributed by atoms with van der Waals surface area (Å²) in [7, 11) is 0. The van der Waals surface area contributed by atoms with Crippen LogP contribution in [0, 0.1) is 5.41 Å². The second kappa shape index (κ2) is 4.89. The zero-order valence-corrected chi connectivity index (χ0v) is 10.9. The molecule has 1 aromatic heterocycles. The normalized spacial score (nSPS) is 11.7. The van der Waals surface area contributed by atoms with Crippen molar-refractivity contribution in [1.82, 2.24) is 10.3 Å². The Morgan fingerprint density at radius 3 is 2.89 bits per heavy atom. The van der Waals surface area contributed by atoms with Crippen LogP contribution in [-0.4, -0.2) is 17.4 Å². The first-order chi connectivity index (χ1) is 8.92. The number of benzene rings is 1. The number of H-pyrrole nitrogens is 1. The van der Waals surface area contributed by atoms with Crippen LogP contribution in [0.25, 0.3) is 11.1 Å². The number of nitrogens with one attached hydrogen (secondary N) is 2. The van der Waals surface area contributed by atoms with Crippen LogP contribution in [0.15, 0.2) is 27.4 Å². The van der Waals surface area contributed by atoms with Crippen LogP contribution in [0.3, 0.4) is 0 Å². The fourth-order valence-corrected chi connectivity index (χ4v) is 1.62. The quantitative estimate of drug-likeness (QED) is 0.756. The lowest BCUT2D eigenvalue weighted by atomic mass is 9.92. The van der Waals surface area contributed by atoms with Crippen molar-refractivity contribution < 1.29 is 9.21 Å². The Morgan fingerprint density at radius 1 is 1.47 bits per heavy atom. The molecule has 4 N–H and O–H groups in total. The third-order valence-electron chi connectivity index (χ3n) is 3.06. The van der Waals surface area contributed by atoms with E-state index >= 15 is 0 Å². The predicted molar refractivity (Wildman–Crippen MR) is 71.5 cm³/mol. The number of aromatic amines is 1. The molecule has 0 saturated heterocycles. The Kier molecular flexibility index (Phi) is 3.44. The van der Waals surface area contributed by atoms with E-state index in [1.54, 1.807) is 32.0 Å². The molecule has 0 aliphatic rings. The zero-order chi connectivity index (χ0) is 14.0. The van der Waals surface area contributed by atoms with Gasteiger partial charge in [0.25, 0.3) is 0 Å². The lowest BCUT2D eigenvalue weighted by molar-refractivity contribution is -0.129. The highest BCUT2D eigenvalue weighted by Gasteiger charge is 2.25. The van der Waals surface area contributed by atoms with E-state index in [1.807, 2.05) is 0 Å². The number of amides is 1. The van der Waals surface area contributed by atoms with E-state index in [-0.39, 0.29) is 12.5 Å². The smallest absolute Gasteiger partial charge is 0.408 e. The minimum atomic E-state index is -0.589. The third kappa shape index (κ3) is 2.85. The molecule has 0 atom stereocenters. The van der Waals surface area contributed by atoms with E-state index in [0.717, 1.165) is 5.56 Å². The minimum absolute atomic E-state index is 0.101. The fraction of sp³-hybridized carbons (Fsp3) is 0.385. The van der Waals surface area contributed by atoms with Crippen LogP contribution < -0.4 is 16.8 Å². The molecule has 0 aliphatic carbocycles. The van der Waals surface area contributed by atoms with Crippen LogP contribution in [-0.2, 0) is 11.3 Å². The molecule has 0 unspecified atom stereocenters. The topological polar surface area (TPSA) is 101 Å². The third-order valence-corrected chi connectivity index (χ3v) is 3.06. The lowest BCUT2D eigenvalue weighted by Gasteiger charge is -2.21. The van der Waals surface area contributed by atoms with E-state index in [1.165, 1.54) is 0 Å². The summed E-state index contributed by atoms with van der Waals surface area (Å²) in [5.74, 6) is -0.587. The Labute approximate surface area is 110 Å². The van der Waals surface area contributed by atoms with Crippen molar-refractivity contribution in [3.63, 3.8) is 0 Å². The van der Waals surface area contributed by atoms with Crippen LogP contribution in [0.1, 0.15) is 19.4 Å². The maximum Gasteiger partial charge on any atom is 0.417 e. The summed E-state index contributed by atoms with van der Waals surface area (Å²) in [6.07, 6.45) is 0. The Bertz CT molecular complexity index is 654. The van der Waals surface area contributed by atoms with Gasteiger partial charge in [0.2, 0.25) is 5.91 Å². The van der Waals surface area contributed by atoms with Crippen LogP contribution in [0.2, 0.25) is 0 Å². The van der Waals surface area contributed by atoms with Gasteiger partial charge in [-0.2, -0.15) is 0 Å². The highest BCUT2D eigenvalue weighted by molar-refractivity contribution is 5.82. The number of nitrogens with two attached hydrogens (primary N) is 1. The van der Waals surface area contributed by atoms with Crippen molar-refractivity contribution in [1.29, 1.82) is 0 Å². The average molecular weight is 263 g/mol. The molecule has 1 heterocycles. The van der Waals surface area contributed by atoms with Gasteiger partial charge in [-0.05, 0) is 31.5 Å². The average Bonchev–Trinajstić information content (AvgIpc) is 2.74. The molecule has 2 aromatic rings. The molecule has 2 rings (SSSR count). The number of carbonyl (C=O) groups is 1. The van der Waals surface area contributed by atoms with E-state index < -0.39 is 11.2 Å². The molecule has 0 saturated carbocycles. The molecule has 6 heteroatoms. The number of carbonyl (C=O) groups excluding carboxylic acids is 1. The van der Waals surface area contributed by atoms with Gasteiger partial charge in [-0.3, -0.25) is 9.78 Å². The minimum Gasteiger partial charge on any atom is -0.408 e. The summed E-state index contributed by atoms with van der Waals surface area (Å²) in [6, 6.07) is 5.27. The van der Waals surface area contributed by atoms with Gasteiger partial charge < -0.3 is 15.5 Å². The summed E-state index contributed by atoms with van der Waals surface area (Å²) >= 11 is 0. The summed E-state index contributed by atoms with van der Waals surface area (Å²) < 4.78 is 4.91. The van der Waals surface area contributed by atoms with Gasteiger partial charge in [-0.25, -0.2) is 4.79 Å².